The molecule has 0 aromatic heterocycles. The van der Waals surface area contributed by atoms with Gasteiger partial charge in [0.15, 0.2) is 0 Å². The van der Waals surface area contributed by atoms with Crippen LogP contribution in [0.15, 0.2) is 0 Å². The molecule has 0 aliphatic heterocycles. The molecule has 38 valence electrons. The van der Waals surface area contributed by atoms with Gasteiger partial charge in [-0.15, -0.1) is 0 Å². The maximum atomic E-state index is 2.26. The van der Waals surface area contributed by atoms with E-state index in [4.69, 9.17) is 0 Å². The first-order valence-electron chi connectivity index (χ1n) is 2.47. The third kappa shape index (κ3) is 4.56. The van der Waals surface area contributed by atoms with Crippen LogP contribution in [0.25, 0.3) is 0 Å². The zero-order valence-electron chi connectivity index (χ0n) is 4.57. The molecule has 0 nitrogen and oxygen atoms in total. The van der Waals surface area contributed by atoms with Crippen LogP contribution in [0.4, 0.5) is 0 Å². The van der Waals surface area contributed by atoms with Gasteiger partial charge in [0.2, 0.25) is 0 Å². The monoisotopic (exact) mass is 148 g/mol. The first kappa shape index (κ1) is 6.56. The number of hydrogen-bond acceptors (Lipinski definition) is 0. The van der Waals surface area contributed by atoms with Crippen molar-refractivity contribution < 1.29 is 0 Å². The van der Waals surface area contributed by atoms with Crippen LogP contribution in [-0.4, -0.2) is 16.9 Å². The summed E-state index contributed by atoms with van der Waals surface area (Å²) in [6.07, 6.45) is 1.40. The van der Waals surface area contributed by atoms with Crippen molar-refractivity contribution in [2.45, 2.75) is 25.5 Å². The second-order valence-electron chi connectivity index (χ2n) is 1.97. The van der Waals surface area contributed by atoms with Gasteiger partial charge in [0.05, 0.1) is 0 Å². The normalized spacial score (nSPS) is 10.0. The Hall–Kier alpha value is 0.558. The van der Waals surface area contributed by atoms with Gasteiger partial charge in [0.1, 0.15) is 0 Å². The van der Waals surface area contributed by atoms with Gasteiger partial charge in [-0.3, -0.25) is 0 Å². The van der Waals surface area contributed by atoms with Gasteiger partial charge in [-0.1, -0.05) is 0 Å². The summed E-state index contributed by atoms with van der Waals surface area (Å²) in [4.78, 5) is 0. The summed E-state index contributed by atoms with van der Waals surface area (Å²) in [6, 6.07) is 0. The molecule has 0 heterocycles. The molecule has 0 amide bonds. The van der Waals surface area contributed by atoms with E-state index in [1.807, 2.05) is 16.9 Å². The van der Waals surface area contributed by atoms with Crippen molar-refractivity contribution in [3.05, 3.63) is 0 Å². The molecular formula is C5H13As. The van der Waals surface area contributed by atoms with Crippen molar-refractivity contribution in [3.8, 4) is 0 Å². The zero-order valence-corrected chi connectivity index (χ0v) is 6.99. The fourth-order valence-corrected chi connectivity index (χ4v) is 1.73. The Bertz CT molecular complexity index is 25.1. The summed E-state index contributed by atoms with van der Waals surface area (Å²) in [5, 5.41) is 1.39. The molecule has 0 aliphatic rings. The van der Waals surface area contributed by atoms with Gasteiger partial charge in [-0.25, -0.2) is 0 Å². The predicted molar refractivity (Wildman–Crippen MR) is 32.8 cm³/mol. The Morgan fingerprint density at radius 1 is 1.50 bits per heavy atom. The molecule has 0 aliphatic carbocycles. The minimum atomic E-state index is 0.914. The van der Waals surface area contributed by atoms with Crippen LogP contribution < -0.4 is 0 Å². The van der Waals surface area contributed by atoms with E-state index in [0.717, 1.165) is 5.92 Å². The third-order valence-electron chi connectivity index (χ3n) is 0.744. The average Bonchev–Trinajstić information content (AvgIpc) is 1.35. The quantitative estimate of drug-likeness (QED) is 0.514. The van der Waals surface area contributed by atoms with Gasteiger partial charge >= 0.3 is 48.2 Å². The molecule has 0 N–H and O–H groups in total. The summed E-state index contributed by atoms with van der Waals surface area (Å²) in [5.74, 6) is 0.914. The van der Waals surface area contributed by atoms with Crippen LogP contribution in [0.3, 0.4) is 0 Å². The number of hydrogen-bond donors (Lipinski definition) is 0. The minimum absolute atomic E-state index is 0.914. The SMILES string of the molecule is CC(C)CC[AsH2]. The van der Waals surface area contributed by atoms with Gasteiger partial charge in [0.25, 0.3) is 0 Å². The molecule has 0 rings (SSSR count). The summed E-state index contributed by atoms with van der Waals surface area (Å²) < 4.78 is 0. The molecule has 0 aromatic carbocycles. The van der Waals surface area contributed by atoms with Gasteiger partial charge in [-0.2, -0.15) is 0 Å². The summed E-state index contributed by atoms with van der Waals surface area (Å²) in [5.41, 5.74) is 0. The fraction of sp³-hybridized carbons (Fsp3) is 1.00. The van der Waals surface area contributed by atoms with Crippen molar-refractivity contribution in [1.82, 2.24) is 0 Å². The molecule has 1 atom stereocenters. The van der Waals surface area contributed by atoms with Crippen LogP contribution in [0.2, 0.25) is 5.21 Å². The molecule has 0 fully saturated rings. The van der Waals surface area contributed by atoms with Crippen LogP contribution in [0, 0.1) is 5.92 Å². The predicted octanol–water partition coefficient (Wildman–Crippen LogP) is 1.08. The molecular weight excluding hydrogens is 135 g/mol. The van der Waals surface area contributed by atoms with Crippen molar-refractivity contribution in [2.24, 2.45) is 5.92 Å². The van der Waals surface area contributed by atoms with E-state index < -0.39 is 0 Å². The Morgan fingerprint density at radius 2 is 2.00 bits per heavy atom. The van der Waals surface area contributed by atoms with Crippen molar-refractivity contribution in [3.63, 3.8) is 0 Å². The van der Waals surface area contributed by atoms with Gasteiger partial charge < -0.3 is 0 Å². The molecule has 0 radical (unpaired) electrons. The first-order chi connectivity index (χ1) is 2.77. The van der Waals surface area contributed by atoms with E-state index >= 15 is 0 Å². The van der Waals surface area contributed by atoms with E-state index in [9.17, 15) is 0 Å². The second kappa shape index (κ2) is 3.74. The number of rotatable bonds is 2. The van der Waals surface area contributed by atoms with Crippen LogP contribution in [0.1, 0.15) is 20.3 Å². The first-order valence-corrected chi connectivity index (χ1v) is 4.18. The van der Waals surface area contributed by atoms with E-state index in [1.165, 1.54) is 11.6 Å². The van der Waals surface area contributed by atoms with Gasteiger partial charge in [0, 0.05) is 0 Å². The second-order valence-corrected chi connectivity index (χ2v) is 3.18. The molecule has 1 unspecified atom stereocenters. The molecule has 1 heteroatoms. The van der Waals surface area contributed by atoms with E-state index in [2.05, 4.69) is 13.8 Å². The van der Waals surface area contributed by atoms with Crippen LogP contribution in [0.5, 0.6) is 0 Å². The Labute approximate surface area is 48.8 Å². The summed E-state index contributed by atoms with van der Waals surface area (Å²) in [6.45, 7) is 4.53. The van der Waals surface area contributed by atoms with Crippen LogP contribution >= 0.6 is 0 Å². The zero-order chi connectivity index (χ0) is 4.99. The van der Waals surface area contributed by atoms with Gasteiger partial charge in [-0.05, 0) is 0 Å². The molecule has 0 bridgehead atoms. The third-order valence-corrected chi connectivity index (χ3v) is 1.44. The van der Waals surface area contributed by atoms with Crippen molar-refractivity contribution >= 4 is 16.9 Å². The summed E-state index contributed by atoms with van der Waals surface area (Å²) in [7, 11) is 0. The Kier molecular flexibility index (Phi) is 4.09. The van der Waals surface area contributed by atoms with E-state index in [-0.39, 0.29) is 0 Å². The molecule has 0 saturated carbocycles. The Morgan fingerprint density at radius 3 is 2.00 bits per heavy atom. The molecule has 6 heavy (non-hydrogen) atoms. The maximum absolute atomic E-state index is 2.26. The van der Waals surface area contributed by atoms with Crippen LogP contribution in [-0.2, 0) is 0 Å². The fourth-order valence-electron chi connectivity index (χ4n) is 0.333. The standard InChI is InChI=1S/C5H13As/c1-5(2)3-4-6/h5H,3-4,6H2,1-2H3. The van der Waals surface area contributed by atoms with Crippen molar-refractivity contribution in [1.29, 1.82) is 0 Å². The molecule has 0 saturated heterocycles. The van der Waals surface area contributed by atoms with E-state index in [1.54, 1.807) is 0 Å². The van der Waals surface area contributed by atoms with E-state index in [0.29, 0.717) is 0 Å². The Balaban J connectivity index is 2.63. The summed E-state index contributed by atoms with van der Waals surface area (Å²) >= 11 is 1.85. The topological polar surface area (TPSA) is 0 Å². The van der Waals surface area contributed by atoms with Crippen molar-refractivity contribution in [2.75, 3.05) is 0 Å². The molecule has 0 aromatic rings. The average molecular weight is 148 g/mol. The molecule has 0 spiro atoms.